The molecule has 12 heteroatoms. The molecule has 1 fully saturated rings. The van der Waals surface area contributed by atoms with Gasteiger partial charge in [-0.1, -0.05) is 15.9 Å². The molecule has 0 aliphatic carbocycles. The highest BCUT2D eigenvalue weighted by Gasteiger charge is 2.37. The first-order chi connectivity index (χ1) is 11.5. The minimum absolute atomic E-state index is 0.0351. The topological polar surface area (TPSA) is 92.3 Å². The Morgan fingerprint density at radius 1 is 1.40 bits per heavy atom. The molecule has 25 heavy (non-hydrogen) atoms. The molecule has 1 unspecified atom stereocenters. The van der Waals surface area contributed by atoms with Crippen LogP contribution in [0.3, 0.4) is 0 Å². The van der Waals surface area contributed by atoms with Gasteiger partial charge in [0.2, 0.25) is 16.0 Å². The monoisotopic (exact) mass is 444 g/mol. The second-order valence-electron chi connectivity index (χ2n) is 5.61. The van der Waals surface area contributed by atoms with E-state index >= 15 is 0 Å². The molecule has 1 saturated heterocycles. The third-order valence-corrected chi connectivity index (χ3v) is 5.71. The Morgan fingerprint density at radius 3 is 2.48 bits per heavy atom. The number of hydrogen-bond acceptors (Lipinski definition) is 6. The fraction of sp³-hybridized carbons (Fsp3) is 0.615. The number of aromatic nitrogens is 2. The number of nitrogens with zero attached hydrogens (tertiary/aromatic N) is 3. The summed E-state index contributed by atoms with van der Waals surface area (Å²) in [6.07, 6.45) is -1.66. The lowest BCUT2D eigenvalue weighted by atomic mass is 10.1. The first kappa shape index (κ1) is 20.0. The second-order valence-corrected chi connectivity index (χ2v) is 8.58. The number of piperidine rings is 1. The van der Waals surface area contributed by atoms with Gasteiger partial charge in [0, 0.05) is 25.3 Å². The average Bonchev–Trinajstić information content (AvgIpc) is 2.52. The van der Waals surface area contributed by atoms with Gasteiger partial charge in [-0.3, -0.25) is 0 Å². The third-order valence-electron chi connectivity index (χ3n) is 3.76. The van der Waals surface area contributed by atoms with Crippen LogP contribution in [-0.4, -0.2) is 54.4 Å². The molecule has 0 spiro atoms. The lowest BCUT2D eigenvalue weighted by molar-refractivity contribution is -0.138. The summed E-state index contributed by atoms with van der Waals surface area (Å²) in [5.74, 6) is -0.0351. The zero-order valence-corrected chi connectivity index (χ0v) is 15.5. The van der Waals surface area contributed by atoms with Gasteiger partial charge in [-0.05, 0) is 12.8 Å². The molecule has 140 valence electrons. The first-order valence-electron chi connectivity index (χ1n) is 7.27. The number of alkyl halides is 4. The van der Waals surface area contributed by atoms with Gasteiger partial charge in [0.15, 0.2) is 0 Å². The Hall–Kier alpha value is -1.27. The van der Waals surface area contributed by atoms with Gasteiger partial charge >= 0.3 is 6.18 Å². The Labute approximate surface area is 151 Å². The number of nitrogens with one attached hydrogen (secondary N) is 1. The SMILES string of the molecule is CS(=O)(=O)N1CCC(Nc2ncc(C(F)(F)F)c(C(Br)C=O)n2)CC1. The zero-order chi connectivity index (χ0) is 18.8. The number of carbonyl (C=O) groups is 1. The molecule has 2 heterocycles. The molecule has 1 aromatic rings. The first-order valence-corrected chi connectivity index (χ1v) is 10.0. The normalized spacial score (nSPS) is 18.8. The van der Waals surface area contributed by atoms with E-state index in [2.05, 4.69) is 31.2 Å². The summed E-state index contributed by atoms with van der Waals surface area (Å²) >= 11 is 2.86. The van der Waals surface area contributed by atoms with Crippen LogP contribution in [0.5, 0.6) is 0 Å². The fourth-order valence-electron chi connectivity index (χ4n) is 2.47. The van der Waals surface area contributed by atoms with Crippen molar-refractivity contribution in [3.05, 3.63) is 17.5 Å². The Balaban J connectivity index is 2.15. The highest BCUT2D eigenvalue weighted by molar-refractivity contribution is 9.09. The van der Waals surface area contributed by atoms with E-state index in [-0.39, 0.29) is 12.0 Å². The second kappa shape index (κ2) is 7.54. The van der Waals surface area contributed by atoms with Crippen LogP contribution in [0.4, 0.5) is 19.1 Å². The molecule has 1 aliphatic heterocycles. The number of aldehydes is 1. The van der Waals surface area contributed by atoms with Crippen LogP contribution >= 0.6 is 15.9 Å². The fourth-order valence-corrected chi connectivity index (χ4v) is 3.70. The summed E-state index contributed by atoms with van der Waals surface area (Å²) in [4.78, 5) is 17.1. The Bertz CT molecular complexity index is 737. The molecule has 0 aromatic carbocycles. The van der Waals surface area contributed by atoms with Gasteiger partial charge in [-0.2, -0.15) is 13.2 Å². The highest BCUT2D eigenvalue weighted by Crippen LogP contribution is 2.35. The largest absolute Gasteiger partial charge is 0.419 e. The van der Waals surface area contributed by atoms with Crippen LogP contribution < -0.4 is 5.32 Å². The van der Waals surface area contributed by atoms with Crippen LogP contribution in [0.15, 0.2) is 6.20 Å². The zero-order valence-electron chi connectivity index (χ0n) is 13.1. The van der Waals surface area contributed by atoms with Crippen molar-refractivity contribution in [3.63, 3.8) is 0 Å². The average molecular weight is 445 g/mol. The van der Waals surface area contributed by atoms with Gasteiger partial charge < -0.3 is 10.1 Å². The summed E-state index contributed by atoms with van der Waals surface area (Å²) in [5.41, 5.74) is -1.55. The van der Waals surface area contributed by atoms with Crippen LogP contribution in [0.2, 0.25) is 0 Å². The minimum atomic E-state index is -4.68. The molecule has 0 bridgehead atoms. The lowest BCUT2D eigenvalue weighted by Gasteiger charge is -2.30. The molecular weight excluding hydrogens is 429 g/mol. The molecule has 1 aromatic heterocycles. The number of anilines is 1. The van der Waals surface area contributed by atoms with E-state index in [4.69, 9.17) is 0 Å². The standard InChI is InChI=1S/C13H16BrF3N4O3S/c1-25(23,24)21-4-2-8(3-5-21)19-12-18-6-9(13(15,16)17)11(20-12)10(14)7-22/h6-8,10H,2-5H2,1H3,(H,18,19,20). The third kappa shape index (κ3) is 5.11. The molecule has 1 N–H and O–H groups in total. The number of carbonyl (C=O) groups excluding carboxylic acids is 1. The number of hydrogen-bond donors (Lipinski definition) is 1. The van der Waals surface area contributed by atoms with E-state index in [1.54, 1.807) is 0 Å². The van der Waals surface area contributed by atoms with Crippen LogP contribution in [0.25, 0.3) is 0 Å². The maximum absolute atomic E-state index is 13.0. The van der Waals surface area contributed by atoms with Crippen LogP contribution in [0.1, 0.15) is 28.9 Å². The molecule has 1 atom stereocenters. The molecule has 2 rings (SSSR count). The highest BCUT2D eigenvalue weighted by atomic mass is 79.9. The van der Waals surface area contributed by atoms with E-state index in [1.165, 1.54) is 4.31 Å². The Morgan fingerprint density at radius 2 is 2.00 bits per heavy atom. The molecule has 7 nitrogen and oxygen atoms in total. The summed E-state index contributed by atoms with van der Waals surface area (Å²) in [6, 6.07) is -0.174. The van der Waals surface area contributed by atoms with E-state index in [0.29, 0.717) is 38.4 Å². The number of sulfonamides is 1. The van der Waals surface area contributed by atoms with Crippen LogP contribution in [-0.2, 0) is 21.0 Å². The van der Waals surface area contributed by atoms with E-state index in [1.807, 2.05) is 0 Å². The molecule has 0 saturated carbocycles. The van der Waals surface area contributed by atoms with Crippen molar-refractivity contribution < 1.29 is 26.4 Å². The van der Waals surface area contributed by atoms with Gasteiger partial charge in [0.1, 0.15) is 11.1 Å². The minimum Gasteiger partial charge on any atom is -0.351 e. The lowest BCUT2D eigenvalue weighted by Crippen LogP contribution is -2.42. The van der Waals surface area contributed by atoms with E-state index in [9.17, 15) is 26.4 Å². The summed E-state index contributed by atoms with van der Waals surface area (Å²) in [5, 5.41) is 2.90. The summed E-state index contributed by atoms with van der Waals surface area (Å²) in [7, 11) is -3.26. The molecule has 1 aliphatic rings. The van der Waals surface area contributed by atoms with Crippen molar-refractivity contribution in [3.8, 4) is 0 Å². The van der Waals surface area contributed by atoms with Crippen molar-refractivity contribution in [2.24, 2.45) is 0 Å². The van der Waals surface area contributed by atoms with Gasteiger partial charge in [-0.15, -0.1) is 0 Å². The smallest absolute Gasteiger partial charge is 0.351 e. The summed E-state index contributed by atoms with van der Waals surface area (Å²) in [6.45, 7) is 0.610. The van der Waals surface area contributed by atoms with Gasteiger partial charge in [-0.25, -0.2) is 22.7 Å². The van der Waals surface area contributed by atoms with E-state index in [0.717, 1.165) is 6.26 Å². The Kier molecular flexibility index (Phi) is 6.05. The van der Waals surface area contributed by atoms with Crippen LogP contribution in [0, 0.1) is 0 Å². The van der Waals surface area contributed by atoms with E-state index < -0.39 is 32.3 Å². The van der Waals surface area contributed by atoms with Gasteiger partial charge in [0.25, 0.3) is 0 Å². The quantitative estimate of drug-likeness (QED) is 0.551. The van der Waals surface area contributed by atoms with Crippen molar-refractivity contribution in [1.82, 2.24) is 14.3 Å². The van der Waals surface area contributed by atoms with Crippen molar-refractivity contribution in [2.75, 3.05) is 24.7 Å². The number of rotatable bonds is 5. The summed E-state index contributed by atoms with van der Waals surface area (Å²) < 4.78 is 63.3. The molecule has 0 amide bonds. The molecular formula is C13H16BrF3N4O3S. The molecule has 0 radical (unpaired) electrons. The van der Waals surface area contributed by atoms with Crippen molar-refractivity contribution in [1.29, 1.82) is 0 Å². The van der Waals surface area contributed by atoms with Crippen molar-refractivity contribution in [2.45, 2.75) is 29.9 Å². The maximum Gasteiger partial charge on any atom is 0.419 e. The maximum atomic E-state index is 13.0. The predicted octanol–water partition coefficient (Wildman–Crippen LogP) is 1.97. The number of halogens is 4. The van der Waals surface area contributed by atoms with Gasteiger partial charge in [0.05, 0.1) is 17.5 Å². The predicted molar refractivity (Wildman–Crippen MR) is 87.8 cm³/mol. The van der Waals surface area contributed by atoms with Crippen molar-refractivity contribution >= 4 is 38.2 Å².